The summed E-state index contributed by atoms with van der Waals surface area (Å²) in [6, 6.07) is 12.1. The molecule has 0 aliphatic heterocycles. The van der Waals surface area contributed by atoms with Crippen LogP contribution in [0.2, 0.25) is 0 Å². The van der Waals surface area contributed by atoms with E-state index in [1.807, 2.05) is 30.3 Å². The fourth-order valence-corrected chi connectivity index (χ4v) is 1.49. The molecular weight excluding hydrogens is 216 g/mol. The summed E-state index contributed by atoms with van der Waals surface area (Å²) in [4.78, 5) is 0. The molecule has 0 atom stereocenters. The molecule has 0 aliphatic carbocycles. The number of hydrogen-bond acceptors (Lipinski definition) is 3. The monoisotopic (exact) mass is 228 g/mol. The zero-order chi connectivity index (χ0) is 12.3. The van der Waals surface area contributed by atoms with Crippen LogP contribution < -0.4 is 0 Å². The Morgan fingerprint density at radius 2 is 1.35 bits per heavy atom. The van der Waals surface area contributed by atoms with Gasteiger partial charge in [-0.05, 0) is 23.8 Å². The Bertz CT molecular complexity index is 545. The van der Waals surface area contributed by atoms with Crippen LogP contribution in [0, 0.1) is 0 Å². The van der Waals surface area contributed by atoms with Gasteiger partial charge in [-0.25, -0.2) is 0 Å². The number of rotatable bonds is 2. The van der Waals surface area contributed by atoms with Crippen LogP contribution in [0.25, 0.3) is 12.2 Å². The van der Waals surface area contributed by atoms with Gasteiger partial charge >= 0.3 is 0 Å². The van der Waals surface area contributed by atoms with Crippen molar-refractivity contribution in [1.82, 2.24) is 0 Å². The smallest absolute Gasteiger partial charge is 0.168 e. The van der Waals surface area contributed by atoms with Gasteiger partial charge in [-0.2, -0.15) is 0 Å². The predicted molar refractivity (Wildman–Crippen MR) is 66.8 cm³/mol. The van der Waals surface area contributed by atoms with Gasteiger partial charge in [-0.1, -0.05) is 36.4 Å². The molecule has 17 heavy (non-hydrogen) atoms. The molecule has 0 aliphatic rings. The Morgan fingerprint density at radius 3 is 2.06 bits per heavy atom. The second-order valence-electron chi connectivity index (χ2n) is 3.61. The maximum Gasteiger partial charge on any atom is 0.168 e. The first-order valence-electron chi connectivity index (χ1n) is 5.15. The zero-order valence-corrected chi connectivity index (χ0v) is 9.04. The van der Waals surface area contributed by atoms with Gasteiger partial charge in [-0.15, -0.1) is 0 Å². The standard InChI is InChI=1S/C14H12O3/c15-12-8-9-13(16)14(17)11(12)7-6-10-4-2-1-3-5-10/h1-9,15-17H. The van der Waals surface area contributed by atoms with E-state index in [0.717, 1.165) is 5.56 Å². The predicted octanol–water partition coefficient (Wildman–Crippen LogP) is 2.97. The maximum absolute atomic E-state index is 9.60. The highest BCUT2D eigenvalue weighted by atomic mass is 16.3. The van der Waals surface area contributed by atoms with E-state index in [-0.39, 0.29) is 22.8 Å². The molecule has 2 rings (SSSR count). The fourth-order valence-electron chi connectivity index (χ4n) is 1.49. The SMILES string of the molecule is Oc1ccc(O)c(C=Cc2ccccc2)c1O. The Hall–Kier alpha value is -2.42. The van der Waals surface area contributed by atoms with Gasteiger partial charge in [0.25, 0.3) is 0 Å². The minimum absolute atomic E-state index is 0.0764. The lowest BCUT2D eigenvalue weighted by atomic mass is 10.1. The first-order chi connectivity index (χ1) is 8.18. The van der Waals surface area contributed by atoms with Crippen LogP contribution in [0.4, 0.5) is 0 Å². The number of aromatic hydroxyl groups is 3. The summed E-state index contributed by atoms with van der Waals surface area (Å²) in [7, 11) is 0. The molecule has 3 heteroatoms. The van der Waals surface area contributed by atoms with Crippen molar-refractivity contribution in [3.8, 4) is 17.2 Å². The highest BCUT2D eigenvalue weighted by Gasteiger charge is 2.08. The van der Waals surface area contributed by atoms with Crippen molar-refractivity contribution in [3.63, 3.8) is 0 Å². The lowest BCUT2D eigenvalue weighted by Gasteiger charge is -2.04. The summed E-state index contributed by atoms with van der Waals surface area (Å²) in [6.45, 7) is 0. The molecule has 86 valence electrons. The largest absolute Gasteiger partial charge is 0.507 e. The maximum atomic E-state index is 9.60. The van der Waals surface area contributed by atoms with Crippen molar-refractivity contribution in [2.75, 3.05) is 0 Å². The molecule has 0 saturated carbocycles. The van der Waals surface area contributed by atoms with Gasteiger partial charge < -0.3 is 15.3 Å². The summed E-state index contributed by atoms with van der Waals surface area (Å²) in [6.07, 6.45) is 3.30. The van der Waals surface area contributed by atoms with Gasteiger partial charge in [0.15, 0.2) is 11.5 Å². The fraction of sp³-hybridized carbons (Fsp3) is 0. The minimum Gasteiger partial charge on any atom is -0.507 e. The van der Waals surface area contributed by atoms with E-state index in [1.54, 1.807) is 12.2 Å². The van der Waals surface area contributed by atoms with E-state index in [0.29, 0.717) is 0 Å². The van der Waals surface area contributed by atoms with E-state index < -0.39 is 0 Å². The number of phenols is 3. The Kier molecular flexibility index (Phi) is 3.01. The molecule has 0 saturated heterocycles. The van der Waals surface area contributed by atoms with Crippen LogP contribution in [0.15, 0.2) is 42.5 Å². The van der Waals surface area contributed by atoms with Crippen LogP contribution in [0.1, 0.15) is 11.1 Å². The summed E-state index contributed by atoms with van der Waals surface area (Å²) < 4.78 is 0. The quantitative estimate of drug-likeness (QED) is 0.420. The summed E-state index contributed by atoms with van der Waals surface area (Å²) in [5, 5.41) is 28.5. The second kappa shape index (κ2) is 4.61. The van der Waals surface area contributed by atoms with Crippen LogP contribution in [0.3, 0.4) is 0 Å². The molecule has 0 amide bonds. The number of phenolic OH excluding ortho intramolecular Hbond substituents is 3. The Labute approximate surface area is 98.9 Å². The molecule has 0 radical (unpaired) electrons. The third-order valence-electron chi connectivity index (χ3n) is 2.41. The van der Waals surface area contributed by atoms with Gasteiger partial charge in [0.1, 0.15) is 5.75 Å². The molecule has 2 aromatic carbocycles. The third-order valence-corrected chi connectivity index (χ3v) is 2.41. The molecule has 3 N–H and O–H groups in total. The molecule has 3 nitrogen and oxygen atoms in total. The summed E-state index contributed by atoms with van der Waals surface area (Å²) in [5.41, 5.74) is 1.14. The van der Waals surface area contributed by atoms with Crippen molar-refractivity contribution >= 4 is 12.2 Å². The van der Waals surface area contributed by atoms with Gasteiger partial charge in [0.2, 0.25) is 0 Å². The molecule has 0 spiro atoms. The molecule has 0 fully saturated rings. The topological polar surface area (TPSA) is 60.7 Å². The van der Waals surface area contributed by atoms with Crippen LogP contribution in [-0.4, -0.2) is 15.3 Å². The van der Waals surface area contributed by atoms with E-state index >= 15 is 0 Å². The lowest BCUT2D eigenvalue weighted by molar-refractivity contribution is 0.395. The van der Waals surface area contributed by atoms with Crippen molar-refractivity contribution in [1.29, 1.82) is 0 Å². The van der Waals surface area contributed by atoms with Crippen molar-refractivity contribution in [2.45, 2.75) is 0 Å². The number of benzene rings is 2. The molecule has 2 aromatic rings. The molecule has 0 bridgehead atoms. The lowest BCUT2D eigenvalue weighted by Crippen LogP contribution is -1.78. The number of hydrogen-bond donors (Lipinski definition) is 3. The van der Waals surface area contributed by atoms with E-state index in [1.165, 1.54) is 12.1 Å². The van der Waals surface area contributed by atoms with E-state index in [9.17, 15) is 15.3 Å². The van der Waals surface area contributed by atoms with Crippen molar-refractivity contribution in [3.05, 3.63) is 53.6 Å². The van der Waals surface area contributed by atoms with Gasteiger partial charge in [-0.3, -0.25) is 0 Å². The first-order valence-corrected chi connectivity index (χ1v) is 5.15. The van der Waals surface area contributed by atoms with Crippen LogP contribution in [-0.2, 0) is 0 Å². The normalized spacial score (nSPS) is 10.8. The molecular formula is C14H12O3. The highest BCUT2D eigenvalue weighted by molar-refractivity contribution is 5.77. The zero-order valence-electron chi connectivity index (χ0n) is 9.04. The van der Waals surface area contributed by atoms with Gasteiger partial charge in [0, 0.05) is 0 Å². The Morgan fingerprint density at radius 1 is 0.706 bits per heavy atom. The third kappa shape index (κ3) is 2.39. The molecule has 0 heterocycles. The average Bonchev–Trinajstić information content (AvgIpc) is 2.35. The van der Waals surface area contributed by atoms with Crippen LogP contribution >= 0.6 is 0 Å². The Balaban J connectivity index is 2.37. The van der Waals surface area contributed by atoms with Crippen LogP contribution in [0.5, 0.6) is 17.2 Å². The highest BCUT2D eigenvalue weighted by Crippen LogP contribution is 2.36. The molecule has 0 aromatic heterocycles. The van der Waals surface area contributed by atoms with Crippen molar-refractivity contribution in [2.24, 2.45) is 0 Å². The summed E-state index contributed by atoms with van der Waals surface area (Å²) in [5.74, 6) is -0.653. The van der Waals surface area contributed by atoms with Gasteiger partial charge in [0.05, 0.1) is 5.56 Å². The summed E-state index contributed by atoms with van der Waals surface area (Å²) >= 11 is 0. The molecule has 0 unspecified atom stereocenters. The van der Waals surface area contributed by atoms with E-state index in [4.69, 9.17) is 0 Å². The average molecular weight is 228 g/mol. The second-order valence-corrected chi connectivity index (χ2v) is 3.61. The minimum atomic E-state index is -0.322. The first kappa shape index (κ1) is 11.1. The van der Waals surface area contributed by atoms with E-state index in [2.05, 4.69) is 0 Å². The van der Waals surface area contributed by atoms with Crippen molar-refractivity contribution < 1.29 is 15.3 Å².